The molecule has 148 valence electrons. The number of hydrogen-bond acceptors (Lipinski definition) is 5. The van der Waals surface area contributed by atoms with Crippen LogP contribution in [0.3, 0.4) is 0 Å². The van der Waals surface area contributed by atoms with Gasteiger partial charge in [0.05, 0.1) is 20.3 Å². The Morgan fingerprint density at radius 2 is 1.81 bits per heavy atom. The zero-order chi connectivity index (χ0) is 19.3. The standard InChI is InChI=1S/C19H26N2O5S/c1-25-17-7-5-16(6-8-19(22)20-9-3-2-4-10-20)15-18(17)27(23,24)21-11-13-26-14-12-21/h5-8,15H,2-4,9-14H2,1H3/b8-6+. The summed E-state index contributed by atoms with van der Waals surface area (Å²) in [5.41, 5.74) is 0.646. The van der Waals surface area contributed by atoms with Crippen LogP contribution in [0, 0.1) is 0 Å². The molecule has 0 N–H and O–H groups in total. The number of benzene rings is 1. The van der Waals surface area contributed by atoms with E-state index in [1.165, 1.54) is 17.5 Å². The topological polar surface area (TPSA) is 76.2 Å². The highest BCUT2D eigenvalue weighted by Crippen LogP contribution is 2.29. The van der Waals surface area contributed by atoms with Gasteiger partial charge in [-0.1, -0.05) is 6.07 Å². The van der Waals surface area contributed by atoms with E-state index in [-0.39, 0.29) is 10.8 Å². The largest absolute Gasteiger partial charge is 0.495 e. The maximum absolute atomic E-state index is 13.0. The van der Waals surface area contributed by atoms with Crippen LogP contribution in [0.2, 0.25) is 0 Å². The number of amides is 1. The molecule has 0 unspecified atom stereocenters. The highest BCUT2D eigenvalue weighted by molar-refractivity contribution is 7.89. The number of morpholine rings is 1. The van der Waals surface area contributed by atoms with Crippen molar-refractivity contribution in [1.82, 2.24) is 9.21 Å². The Morgan fingerprint density at radius 3 is 2.48 bits per heavy atom. The van der Waals surface area contributed by atoms with Gasteiger partial charge in [-0.15, -0.1) is 0 Å². The number of hydrogen-bond donors (Lipinski definition) is 0. The van der Waals surface area contributed by atoms with Crippen LogP contribution in [0.1, 0.15) is 24.8 Å². The van der Waals surface area contributed by atoms with E-state index in [1.54, 1.807) is 24.3 Å². The second-order valence-electron chi connectivity index (χ2n) is 6.65. The summed E-state index contributed by atoms with van der Waals surface area (Å²) < 4.78 is 37.9. The second kappa shape index (κ2) is 8.86. The number of sulfonamides is 1. The Kier molecular flexibility index (Phi) is 6.51. The van der Waals surface area contributed by atoms with Crippen molar-refractivity contribution in [3.05, 3.63) is 29.8 Å². The summed E-state index contributed by atoms with van der Waals surface area (Å²) in [7, 11) is -2.24. The first-order valence-corrected chi connectivity index (χ1v) is 10.7. The molecule has 0 radical (unpaired) electrons. The summed E-state index contributed by atoms with van der Waals surface area (Å²) in [6, 6.07) is 4.93. The first-order valence-electron chi connectivity index (χ1n) is 9.25. The minimum Gasteiger partial charge on any atom is -0.495 e. The Labute approximate surface area is 160 Å². The first kappa shape index (κ1) is 19.9. The molecule has 8 heteroatoms. The maximum Gasteiger partial charge on any atom is 0.246 e. The maximum atomic E-state index is 13.0. The minimum atomic E-state index is -3.69. The van der Waals surface area contributed by atoms with Crippen LogP contribution in [-0.2, 0) is 19.6 Å². The van der Waals surface area contributed by atoms with Gasteiger partial charge in [0.25, 0.3) is 0 Å². The lowest BCUT2D eigenvalue weighted by Crippen LogP contribution is -2.40. The van der Waals surface area contributed by atoms with Crippen molar-refractivity contribution in [2.75, 3.05) is 46.5 Å². The van der Waals surface area contributed by atoms with Gasteiger partial charge < -0.3 is 14.4 Å². The van der Waals surface area contributed by atoms with Gasteiger partial charge in [0.15, 0.2) is 0 Å². The molecular weight excluding hydrogens is 368 g/mol. The van der Waals surface area contributed by atoms with Crippen LogP contribution in [0.25, 0.3) is 6.08 Å². The lowest BCUT2D eigenvalue weighted by atomic mass is 10.1. The molecule has 2 aliphatic rings. The number of likely N-dealkylation sites (tertiary alicyclic amines) is 1. The molecule has 0 spiro atoms. The van der Waals surface area contributed by atoms with Crippen LogP contribution in [-0.4, -0.2) is 70.0 Å². The van der Waals surface area contributed by atoms with Crippen molar-refractivity contribution >= 4 is 22.0 Å². The summed E-state index contributed by atoms with van der Waals surface area (Å²) >= 11 is 0. The van der Waals surface area contributed by atoms with Gasteiger partial charge in [-0.3, -0.25) is 4.79 Å². The van der Waals surface area contributed by atoms with Crippen molar-refractivity contribution in [2.45, 2.75) is 24.2 Å². The molecule has 2 fully saturated rings. The third-order valence-corrected chi connectivity index (χ3v) is 6.78. The average molecular weight is 394 g/mol. The van der Waals surface area contributed by atoms with Gasteiger partial charge in [0.1, 0.15) is 10.6 Å². The molecule has 2 heterocycles. The minimum absolute atomic E-state index is 0.0388. The fourth-order valence-electron chi connectivity index (χ4n) is 3.31. The summed E-state index contributed by atoms with van der Waals surface area (Å²) in [5.74, 6) is 0.254. The summed E-state index contributed by atoms with van der Waals surface area (Å²) in [5, 5.41) is 0. The highest BCUT2D eigenvalue weighted by Gasteiger charge is 2.29. The fourth-order valence-corrected chi connectivity index (χ4v) is 4.91. The third-order valence-electron chi connectivity index (χ3n) is 4.86. The molecule has 1 aromatic carbocycles. The van der Waals surface area contributed by atoms with Gasteiger partial charge in [0, 0.05) is 32.3 Å². The van der Waals surface area contributed by atoms with Gasteiger partial charge >= 0.3 is 0 Å². The van der Waals surface area contributed by atoms with Crippen LogP contribution in [0.5, 0.6) is 5.75 Å². The monoisotopic (exact) mass is 394 g/mol. The molecule has 3 rings (SSSR count). The van der Waals surface area contributed by atoms with E-state index in [4.69, 9.17) is 9.47 Å². The number of carbonyl (C=O) groups excluding carboxylic acids is 1. The van der Waals surface area contributed by atoms with E-state index in [9.17, 15) is 13.2 Å². The quantitative estimate of drug-likeness (QED) is 0.711. The number of nitrogens with zero attached hydrogens (tertiary/aromatic N) is 2. The van der Waals surface area contributed by atoms with Crippen molar-refractivity contribution in [2.24, 2.45) is 0 Å². The predicted octanol–water partition coefficient (Wildman–Crippen LogP) is 1.74. The Bertz CT molecular complexity index is 794. The van der Waals surface area contributed by atoms with Crippen molar-refractivity contribution in [1.29, 1.82) is 0 Å². The molecule has 0 saturated carbocycles. The zero-order valence-corrected chi connectivity index (χ0v) is 16.4. The number of rotatable bonds is 5. The lowest BCUT2D eigenvalue weighted by Gasteiger charge is -2.26. The smallest absolute Gasteiger partial charge is 0.246 e. The number of carbonyl (C=O) groups is 1. The van der Waals surface area contributed by atoms with Crippen molar-refractivity contribution in [3.8, 4) is 5.75 Å². The zero-order valence-electron chi connectivity index (χ0n) is 15.6. The normalized spacial score (nSPS) is 19.4. The Hall–Kier alpha value is -1.90. The Balaban J connectivity index is 1.82. The lowest BCUT2D eigenvalue weighted by molar-refractivity contribution is -0.126. The first-order chi connectivity index (χ1) is 13.0. The van der Waals surface area contributed by atoms with Crippen LogP contribution in [0.4, 0.5) is 0 Å². The van der Waals surface area contributed by atoms with E-state index in [2.05, 4.69) is 0 Å². The average Bonchev–Trinajstić information content (AvgIpc) is 2.73. The molecule has 0 atom stereocenters. The summed E-state index contributed by atoms with van der Waals surface area (Å²) in [4.78, 5) is 14.2. The summed E-state index contributed by atoms with van der Waals surface area (Å²) in [6.45, 7) is 2.96. The van der Waals surface area contributed by atoms with E-state index in [0.29, 0.717) is 37.6 Å². The van der Waals surface area contributed by atoms with Crippen LogP contribution >= 0.6 is 0 Å². The molecule has 2 aliphatic heterocycles. The van der Waals surface area contributed by atoms with Gasteiger partial charge in [-0.2, -0.15) is 4.31 Å². The molecule has 1 amide bonds. The molecule has 0 aromatic heterocycles. The molecule has 2 saturated heterocycles. The van der Waals surface area contributed by atoms with Crippen LogP contribution in [0.15, 0.2) is 29.2 Å². The molecule has 0 aliphatic carbocycles. The Morgan fingerprint density at radius 1 is 1.11 bits per heavy atom. The molecule has 0 bridgehead atoms. The van der Waals surface area contributed by atoms with Crippen molar-refractivity contribution in [3.63, 3.8) is 0 Å². The van der Waals surface area contributed by atoms with Crippen molar-refractivity contribution < 1.29 is 22.7 Å². The number of ether oxygens (including phenoxy) is 2. The third kappa shape index (κ3) is 4.69. The molecule has 27 heavy (non-hydrogen) atoms. The van der Waals surface area contributed by atoms with E-state index in [1.807, 2.05) is 4.90 Å². The SMILES string of the molecule is COc1ccc(/C=C/C(=O)N2CCCCC2)cc1S(=O)(=O)N1CCOCC1. The fraction of sp³-hybridized carbons (Fsp3) is 0.526. The highest BCUT2D eigenvalue weighted by atomic mass is 32.2. The molecular formula is C19H26N2O5S. The number of methoxy groups -OCH3 is 1. The van der Waals surface area contributed by atoms with Gasteiger partial charge in [-0.25, -0.2) is 8.42 Å². The van der Waals surface area contributed by atoms with Gasteiger partial charge in [-0.05, 0) is 43.0 Å². The van der Waals surface area contributed by atoms with E-state index in [0.717, 1.165) is 32.4 Å². The predicted molar refractivity (Wildman–Crippen MR) is 102 cm³/mol. The van der Waals surface area contributed by atoms with E-state index >= 15 is 0 Å². The second-order valence-corrected chi connectivity index (χ2v) is 8.55. The number of piperidine rings is 1. The molecule has 1 aromatic rings. The van der Waals surface area contributed by atoms with Crippen LogP contribution < -0.4 is 4.74 Å². The summed E-state index contributed by atoms with van der Waals surface area (Å²) in [6.07, 6.45) is 6.40. The van der Waals surface area contributed by atoms with E-state index < -0.39 is 10.0 Å². The van der Waals surface area contributed by atoms with Gasteiger partial charge in [0.2, 0.25) is 15.9 Å². The molecule has 7 nitrogen and oxygen atoms in total.